The summed E-state index contributed by atoms with van der Waals surface area (Å²) in [6.45, 7) is 1.56. The number of amides is 1. The number of carbonyl (C=O) groups excluding carboxylic acids is 1. The Labute approximate surface area is 168 Å². The van der Waals surface area contributed by atoms with Gasteiger partial charge >= 0.3 is 0 Å². The van der Waals surface area contributed by atoms with Gasteiger partial charge in [-0.15, -0.1) is 11.6 Å². The van der Waals surface area contributed by atoms with Gasteiger partial charge in [0.05, 0.1) is 17.4 Å². The zero-order valence-corrected chi connectivity index (χ0v) is 16.7. The molecule has 3 rings (SSSR count). The normalized spacial score (nSPS) is 12.5. The van der Waals surface area contributed by atoms with Crippen molar-refractivity contribution in [2.75, 3.05) is 0 Å². The molecule has 8 heteroatoms. The van der Waals surface area contributed by atoms with Gasteiger partial charge in [-0.05, 0) is 31.2 Å². The maximum Gasteiger partial charge on any atom is 0.257 e. The summed E-state index contributed by atoms with van der Waals surface area (Å²) < 4.78 is 0.909. The molecule has 0 bridgehead atoms. The lowest BCUT2D eigenvalue weighted by Gasteiger charge is -2.09. The number of alkyl halides is 1. The van der Waals surface area contributed by atoms with E-state index in [9.17, 15) is 4.79 Å². The molecule has 26 heavy (non-hydrogen) atoms. The Balaban J connectivity index is 2.10. The highest BCUT2D eigenvalue weighted by Crippen LogP contribution is 2.32. The topological polar surface area (TPSA) is 67.2 Å². The lowest BCUT2D eigenvalue weighted by molar-refractivity contribution is -0.120. The second kappa shape index (κ2) is 8.12. The molecule has 0 aliphatic carbocycles. The van der Waals surface area contributed by atoms with E-state index in [2.05, 4.69) is 36.4 Å². The van der Waals surface area contributed by atoms with E-state index >= 15 is 0 Å². The monoisotopic (exact) mass is 450 g/mol. The summed E-state index contributed by atoms with van der Waals surface area (Å²) in [5, 5.41) is 4.62. The molecule has 1 N–H and O–H groups in total. The van der Waals surface area contributed by atoms with E-state index in [-0.39, 0.29) is 0 Å². The number of rotatable bonds is 4. The maximum atomic E-state index is 11.5. The molecular weight excluding hydrogens is 439 g/mol. The van der Waals surface area contributed by atoms with Gasteiger partial charge in [0.2, 0.25) is 0 Å². The van der Waals surface area contributed by atoms with Crippen molar-refractivity contribution in [2.24, 2.45) is 5.10 Å². The van der Waals surface area contributed by atoms with Gasteiger partial charge in [0.15, 0.2) is 5.82 Å². The van der Waals surface area contributed by atoms with Crippen molar-refractivity contribution >= 4 is 62.2 Å². The first-order chi connectivity index (χ1) is 12.5. The summed E-state index contributed by atoms with van der Waals surface area (Å²) in [6, 6.07) is 13.1. The van der Waals surface area contributed by atoms with E-state index < -0.39 is 11.3 Å². The summed E-state index contributed by atoms with van der Waals surface area (Å²) in [6.07, 6.45) is 1.37. The molecule has 0 fully saturated rings. The highest BCUT2D eigenvalue weighted by molar-refractivity contribution is 9.10. The van der Waals surface area contributed by atoms with Crippen LogP contribution in [0.2, 0.25) is 5.02 Å². The molecule has 1 unspecified atom stereocenters. The van der Waals surface area contributed by atoms with Crippen molar-refractivity contribution in [3.63, 3.8) is 0 Å². The Morgan fingerprint density at radius 1 is 1.27 bits per heavy atom. The molecule has 0 spiro atoms. The lowest BCUT2D eigenvalue weighted by atomic mass is 10.1. The van der Waals surface area contributed by atoms with E-state index in [0.717, 1.165) is 20.9 Å². The third-order valence-corrected chi connectivity index (χ3v) is 4.54. The number of fused-ring (bicyclic) bond motifs is 1. The largest absolute Gasteiger partial charge is 0.271 e. The van der Waals surface area contributed by atoms with Gasteiger partial charge in [-0.2, -0.15) is 5.10 Å². The smallest absolute Gasteiger partial charge is 0.257 e. The minimum Gasteiger partial charge on any atom is -0.271 e. The Kier molecular flexibility index (Phi) is 5.86. The molecule has 132 valence electrons. The number of nitrogens with one attached hydrogen (secondary N) is 1. The van der Waals surface area contributed by atoms with Crippen LogP contribution in [-0.2, 0) is 4.79 Å². The molecule has 0 radical (unpaired) electrons. The molecule has 1 atom stereocenters. The molecule has 2 aromatic carbocycles. The van der Waals surface area contributed by atoms with Gasteiger partial charge in [-0.25, -0.2) is 15.4 Å². The summed E-state index contributed by atoms with van der Waals surface area (Å²) in [7, 11) is 0. The van der Waals surface area contributed by atoms with Crippen molar-refractivity contribution in [2.45, 2.75) is 12.3 Å². The van der Waals surface area contributed by atoms with Gasteiger partial charge in [0, 0.05) is 20.4 Å². The second-order valence-electron chi connectivity index (χ2n) is 5.42. The average Bonchev–Trinajstić information content (AvgIpc) is 2.61. The summed E-state index contributed by atoms with van der Waals surface area (Å²) in [5.74, 6) is -0.0590. The van der Waals surface area contributed by atoms with E-state index in [1.54, 1.807) is 13.0 Å². The fourth-order valence-corrected chi connectivity index (χ4v) is 2.91. The number of hydrogen-bond acceptors (Lipinski definition) is 4. The standard InChI is InChI=1S/C18H13BrCl2N4O/c1-10(20)18(26)25-22-9-16-23-15-7-6-11(19)8-13(15)17(24-16)12-4-2-3-5-14(12)21/h2-10H,1H3,(H,25,26)/b22-9+. The van der Waals surface area contributed by atoms with Crippen LogP contribution in [0.1, 0.15) is 12.7 Å². The van der Waals surface area contributed by atoms with Gasteiger partial charge in [0.25, 0.3) is 5.91 Å². The molecule has 3 aromatic rings. The molecule has 5 nitrogen and oxygen atoms in total. The SMILES string of the molecule is CC(Cl)C(=O)N/N=C/c1nc(-c2ccccc2Cl)c2cc(Br)ccc2n1. The number of hydrazone groups is 1. The molecule has 0 aliphatic heterocycles. The second-order valence-corrected chi connectivity index (χ2v) is 7.40. The zero-order chi connectivity index (χ0) is 18.7. The number of carbonyl (C=O) groups is 1. The van der Waals surface area contributed by atoms with Gasteiger partial charge in [0.1, 0.15) is 5.38 Å². The number of aromatic nitrogens is 2. The van der Waals surface area contributed by atoms with E-state index in [0.29, 0.717) is 16.5 Å². The summed E-state index contributed by atoms with van der Waals surface area (Å²) >= 11 is 15.5. The fraction of sp³-hybridized carbons (Fsp3) is 0.111. The van der Waals surface area contributed by atoms with Gasteiger partial charge in [-0.1, -0.05) is 45.7 Å². The van der Waals surface area contributed by atoms with Crippen molar-refractivity contribution in [1.29, 1.82) is 0 Å². The third-order valence-electron chi connectivity index (χ3n) is 3.52. The highest BCUT2D eigenvalue weighted by atomic mass is 79.9. The highest BCUT2D eigenvalue weighted by Gasteiger charge is 2.12. The molecule has 1 amide bonds. The molecule has 0 saturated heterocycles. The fourth-order valence-electron chi connectivity index (χ4n) is 2.28. The molecule has 1 aromatic heterocycles. The van der Waals surface area contributed by atoms with Crippen LogP contribution in [0.5, 0.6) is 0 Å². The Hall–Kier alpha value is -2.02. The number of nitrogens with zero attached hydrogens (tertiary/aromatic N) is 3. The summed E-state index contributed by atoms with van der Waals surface area (Å²) in [4.78, 5) is 20.5. The van der Waals surface area contributed by atoms with Crippen molar-refractivity contribution in [3.05, 3.63) is 57.8 Å². The van der Waals surface area contributed by atoms with Crippen molar-refractivity contribution in [3.8, 4) is 11.3 Å². The van der Waals surface area contributed by atoms with Gasteiger partial charge in [-0.3, -0.25) is 4.79 Å². The van der Waals surface area contributed by atoms with Crippen LogP contribution in [0, 0.1) is 0 Å². The Morgan fingerprint density at radius 3 is 2.77 bits per heavy atom. The minimum atomic E-state index is -0.680. The Bertz CT molecular complexity index is 1010. The van der Waals surface area contributed by atoms with Crippen molar-refractivity contribution in [1.82, 2.24) is 15.4 Å². The Morgan fingerprint density at radius 2 is 2.04 bits per heavy atom. The van der Waals surface area contributed by atoms with Crippen LogP contribution >= 0.6 is 39.1 Å². The molecular formula is C18H13BrCl2N4O. The van der Waals surface area contributed by atoms with Crippen LogP contribution in [0.3, 0.4) is 0 Å². The first-order valence-electron chi connectivity index (χ1n) is 7.65. The van der Waals surface area contributed by atoms with Crippen LogP contribution in [0.25, 0.3) is 22.2 Å². The first kappa shape index (κ1) is 18.8. The first-order valence-corrected chi connectivity index (χ1v) is 9.25. The van der Waals surface area contributed by atoms with Crippen LogP contribution in [0.15, 0.2) is 52.0 Å². The van der Waals surface area contributed by atoms with Crippen LogP contribution < -0.4 is 5.43 Å². The van der Waals surface area contributed by atoms with Gasteiger partial charge < -0.3 is 0 Å². The van der Waals surface area contributed by atoms with E-state index in [4.69, 9.17) is 23.2 Å². The predicted molar refractivity (Wildman–Crippen MR) is 109 cm³/mol. The predicted octanol–water partition coefficient (Wildman–Crippen LogP) is 4.79. The molecule has 0 saturated carbocycles. The number of hydrogen-bond donors (Lipinski definition) is 1. The maximum absolute atomic E-state index is 11.5. The molecule has 0 aliphatic rings. The summed E-state index contributed by atoms with van der Waals surface area (Å²) in [5.41, 5.74) is 4.54. The van der Waals surface area contributed by atoms with Crippen LogP contribution in [0.4, 0.5) is 0 Å². The van der Waals surface area contributed by atoms with Crippen molar-refractivity contribution < 1.29 is 4.79 Å². The number of benzene rings is 2. The van der Waals surface area contributed by atoms with Crippen LogP contribution in [-0.4, -0.2) is 27.5 Å². The number of halogens is 3. The third kappa shape index (κ3) is 4.20. The van der Waals surface area contributed by atoms with E-state index in [1.165, 1.54) is 6.21 Å². The minimum absolute atomic E-state index is 0.345. The zero-order valence-electron chi connectivity index (χ0n) is 13.6. The average molecular weight is 452 g/mol. The quantitative estimate of drug-likeness (QED) is 0.352. The van der Waals surface area contributed by atoms with E-state index in [1.807, 2.05) is 36.4 Å². The lowest BCUT2D eigenvalue weighted by Crippen LogP contribution is -2.25. The molecule has 1 heterocycles.